The van der Waals surface area contributed by atoms with Crippen molar-refractivity contribution in [3.05, 3.63) is 0 Å². The molecule has 1 spiro atoms. The van der Waals surface area contributed by atoms with Gasteiger partial charge in [0, 0.05) is 18.9 Å². The molecule has 2 rings (SSSR count). The lowest BCUT2D eigenvalue weighted by molar-refractivity contribution is -0.210. The standard InChI is InChI=1S/C12H22O3/c1-9(8-14-2)15-11-7-10(13)12(11)5-3-4-6-12/h9-11,13H,3-8H2,1-2H3. The van der Waals surface area contributed by atoms with Crippen LogP contribution in [0.15, 0.2) is 0 Å². The van der Waals surface area contributed by atoms with Crippen LogP contribution in [0, 0.1) is 5.41 Å². The minimum atomic E-state index is -0.125. The van der Waals surface area contributed by atoms with Gasteiger partial charge in [-0.1, -0.05) is 12.8 Å². The van der Waals surface area contributed by atoms with Gasteiger partial charge in [-0.15, -0.1) is 0 Å². The highest BCUT2D eigenvalue weighted by atomic mass is 16.5. The molecule has 0 aliphatic heterocycles. The van der Waals surface area contributed by atoms with Crippen molar-refractivity contribution >= 4 is 0 Å². The topological polar surface area (TPSA) is 38.7 Å². The van der Waals surface area contributed by atoms with Crippen LogP contribution in [0.2, 0.25) is 0 Å². The third-order valence-electron chi connectivity index (χ3n) is 4.07. The molecule has 0 aromatic heterocycles. The molecule has 15 heavy (non-hydrogen) atoms. The quantitative estimate of drug-likeness (QED) is 0.774. The number of methoxy groups -OCH3 is 1. The first-order valence-electron chi connectivity index (χ1n) is 6.01. The lowest BCUT2D eigenvalue weighted by atomic mass is 9.62. The van der Waals surface area contributed by atoms with Crippen LogP contribution >= 0.6 is 0 Å². The SMILES string of the molecule is COCC(C)OC1CC(O)C12CCCC2. The lowest BCUT2D eigenvalue weighted by Gasteiger charge is -2.52. The zero-order valence-electron chi connectivity index (χ0n) is 9.74. The van der Waals surface area contributed by atoms with Gasteiger partial charge in [0.25, 0.3) is 0 Å². The number of aliphatic hydroxyl groups excluding tert-OH is 1. The average Bonchev–Trinajstić information content (AvgIpc) is 2.69. The fourth-order valence-electron chi connectivity index (χ4n) is 3.16. The first-order valence-corrected chi connectivity index (χ1v) is 6.01. The normalized spacial score (nSPS) is 35.4. The van der Waals surface area contributed by atoms with Gasteiger partial charge in [0.05, 0.1) is 24.9 Å². The molecule has 3 nitrogen and oxygen atoms in total. The van der Waals surface area contributed by atoms with Crippen molar-refractivity contribution in [1.29, 1.82) is 0 Å². The van der Waals surface area contributed by atoms with Crippen LogP contribution < -0.4 is 0 Å². The maximum absolute atomic E-state index is 9.90. The van der Waals surface area contributed by atoms with Crippen molar-refractivity contribution in [2.75, 3.05) is 13.7 Å². The van der Waals surface area contributed by atoms with Gasteiger partial charge in [0.15, 0.2) is 0 Å². The van der Waals surface area contributed by atoms with E-state index in [0.717, 1.165) is 19.3 Å². The van der Waals surface area contributed by atoms with Crippen LogP contribution in [-0.2, 0) is 9.47 Å². The summed E-state index contributed by atoms with van der Waals surface area (Å²) in [4.78, 5) is 0. The summed E-state index contributed by atoms with van der Waals surface area (Å²) in [5, 5.41) is 9.90. The minimum absolute atomic E-state index is 0.0992. The van der Waals surface area contributed by atoms with Crippen LogP contribution in [0.4, 0.5) is 0 Å². The van der Waals surface area contributed by atoms with Gasteiger partial charge in [-0.2, -0.15) is 0 Å². The van der Waals surface area contributed by atoms with Gasteiger partial charge in [-0.05, 0) is 19.8 Å². The second-order valence-corrected chi connectivity index (χ2v) is 5.08. The van der Waals surface area contributed by atoms with Gasteiger partial charge in [0.1, 0.15) is 0 Å². The van der Waals surface area contributed by atoms with E-state index in [0.29, 0.717) is 6.61 Å². The molecule has 0 aromatic rings. The van der Waals surface area contributed by atoms with Crippen molar-refractivity contribution in [3.63, 3.8) is 0 Å². The number of hydrogen-bond acceptors (Lipinski definition) is 3. The van der Waals surface area contributed by atoms with Crippen molar-refractivity contribution < 1.29 is 14.6 Å². The number of hydrogen-bond donors (Lipinski definition) is 1. The Balaban J connectivity index is 1.88. The summed E-state index contributed by atoms with van der Waals surface area (Å²) in [6.45, 7) is 2.68. The van der Waals surface area contributed by atoms with Crippen LogP contribution in [0.5, 0.6) is 0 Å². The maximum atomic E-state index is 9.90. The molecule has 0 heterocycles. The van der Waals surface area contributed by atoms with Gasteiger partial charge < -0.3 is 14.6 Å². The fraction of sp³-hybridized carbons (Fsp3) is 1.00. The molecule has 0 radical (unpaired) electrons. The van der Waals surface area contributed by atoms with E-state index in [4.69, 9.17) is 9.47 Å². The molecule has 2 aliphatic rings. The molecule has 2 fully saturated rings. The van der Waals surface area contributed by atoms with E-state index in [1.165, 1.54) is 12.8 Å². The van der Waals surface area contributed by atoms with E-state index in [1.807, 2.05) is 6.92 Å². The zero-order chi connectivity index (χ0) is 10.9. The second kappa shape index (κ2) is 4.40. The van der Waals surface area contributed by atoms with Crippen molar-refractivity contribution in [2.45, 2.75) is 57.3 Å². The highest BCUT2D eigenvalue weighted by molar-refractivity contribution is 5.06. The smallest absolute Gasteiger partial charge is 0.0784 e. The number of rotatable bonds is 4. The first kappa shape index (κ1) is 11.4. The van der Waals surface area contributed by atoms with Crippen LogP contribution in [0.25, 0.3) is 0 Å². The third kappa shape index (κ3) is 1.93. The molecule has 88 valence electrons. The Bertz CT molecular complexity index is 211. The third-order valence-corrected chi connectivity index (χ3v) is 4.07. The van der Waals surface area contributed by atoms with Crippen molar-refractivity contribution in [1.82, 2.24) is 0 Å². The molecule has 3 unspecified atom stereocenters. The summed E-state index contributed by atoms with van der Waals surface area (Å²) in [6, 6.07) is 0. The Morgan fingerprint density at radius 1 is 1.40 bits per heavy atom. The molecule has 3 atom stereocenters. The molecule has 0 aromatic carbocycles. The molecule has 0 bridgehead atoms. The summed E-state index contributed by atoms with van der Waals surface area (Å²) in [5.41, 5.74) is 0.0992. The Morgan fingerprint density at radius 3 is 2.60 bits per heavy atom. The molecule has 3 heteroatoms. The highest BCUT2D eigenvalue weighted by Gasteiger charge is 2.56. The summed E-state index contributed by atoms with van der Waals surface area (Å²) in [6.07, 6.45) is 5.86. The predicted molar refractivity (Wildman–Crippen MR) is 57.7 cm³/mol. The van der Waals surface area contributed by atoms with Gasteiger partial charge in [-0.25, -0.2) is 0 Å². The Labute approximate surface area is 91.8 Å². The van der Waals surface area contributed by atoms with Crippen LogP contribution in [-0.4, -0.2) is 37.1 Å². The summed E-state index contributed by atoms with van der Waals surface area (Å²) < 4.78 is 11.0. The minimum Gasteiger partial charge on any atom is -0.392 e. The van der Waals surface area contributed by atoms with Crippen molar-refractivity contribution in [3.8, 4) is 0 Å². The Morgan fingerprint density at radius 2 is 2.07 bits per heavy atom. The van der Waals surface area contributed by atoms with Gasteiger partial charge in [0.2, 0.25) is 0 Å². The Kier molecular flexibility index (Phi) is 3.33. The predicted octanol–water partition coefficient (Wildman–Crippen LogP) is 1.73. The highest BCUT2D eigenvalue weighted by Crippen LogP contribution is 2.54. The molecular weight excluding hydrogens is 192 g/mol. The summed E-state index contributed by atoms with van der Waals surface area (Å²) in [5.74, 6) is 0. The molecule has 2 saturated carbocycles. The van der Waals surface area contributed by atoms with E-state index < -0.39 is 0 Å². The first-order chi connectivity index (χ1) is 7.19. The zero-order valence-corrected chi connectivity index (χ0v) is 9.74. The van der Waals surface area contributed by atoms with Crippen LogP contribution in [0.1, 0.15) is 39.0 Å². The lowest BCUT2D eigenvalue weighted by Crippen LogP contribution is -2.57. The second-order valence-electron chi connectivity index (χ2n) is 5.08. The molecule has 0 amide bonds. The summed E-state index contributed by atoms with van der Waals surface area (Å²) >= 11 is 0. The number of ether oxygens (including phenoxy) is 2. The van der Waals surface area contributed by atoms with E-state index in [9.17, 15) is 5.11 Å². The fourth-order valence-corrected chi connectivity index (χ4v) is 3.16. The monoisotopic (exact) mass is 214 g/mol. The van der Waals surface area contributed by atoms with E-state index in [2.05, 4.69) is 0 Å². The van der Waals surface area contributed by atoms with E-state index >= 15 is 0 Å². The Hall–Kier alpha value is -0.120. The average molecular weight is 214 g/mol. The van der Waals surface area contributed by atoms with Gasteiger partial charge >= 0.3 is 0 Å². The largest absolute Gasteiger partial charge is 0.392 e. The molecule has 2 aliphatic carbocycles. The van der Waals surface area contributed by atoms with Gasteiger partial charge in [-0.3, -0.25) is 0 Å². The molecule has 0 saturated heterocycles. The van der Waals surface area contributed by atoms with Crippen LogP contribution in [0.3, 0.4) is 0 Å². The van der Waals surface area contributed by atoms with E-state index in [-0.39, 0.29) is 23.7 Å². The molecular formula is C12H22O3. The molecule has 1 N–H and O–H groups in total. The van der Waals surface area contributed by atoms with Crippen molar-refractivity contribution in [2.24, 2.45) is 5.41 Å². The number of aliphatic hydroxyl groups is 1. The maximum Gasteiger partial charge on any atom is 0.0784 e. The summed E-state index contributed by atoms with van der Waals surface area (Å²) in [7, 11) is 1.70. The van der Waals surface area contributed by atoms with E-state index in [1.54, 1.807) is 7.11 Å².